The van der Waals surface area contributed by atoms with Crippen LogP contribution in [0.2, 0.25) is 0 Å². The number of rotatable bonds is 8. The van der Waals surface area contributed by atoms with Crippen LogP contribution in [-0.4, -0.2) is 11.8 Å². The van der Waals surface area contributed by atoms with Crippen LogP contribution >= 0.6 is 0 Å². The molecule has 2 N–H and O–H groups in total. The molecule has 0 spiro atoms. The first kappa shape index (κ1) is 20.3. The highest BCUT2D eigenvalue weighted by molar-refractivity contribution is 5.90. The van der Waals surface area contributed by atoms with Gasteiger partial charge >= 0.3 is 0 Å². The third kappa shape index (κ3) is 6.32. The van der Waals surface area contributed by atoms with Crippen molar-refractivity contribution in [2.75, 3.05) is 5.32 Å². The van der Waals surface area contributed by atoms with E-state index in [0.717, 1.165) is 34.4 Å². The van der Waals surface area contributed by atoms with E-state index < -0.39 is 0 Å². The fourth-order valence-corrected chi connectivity index (χ4v) is 3.10. The van der Waals surface area contributed by atoms with Gasteiger partial charge in [-0.15, -0.1) is 0 Å². The Morgan fingerprint density at radius 3 is 2.21 bits per heavy atom. The Kier molecular flexibility index (Phi) is 7.17. The lowest BCUT2D eigenvalue weighted by atomic mass is 10.0. The Balaban J connectivity index is 1.52. The molecule has 0 atom stereocenters. The van der Waals surface area contributed by atoms with Gasteiger partial charge in [0, 0.05) is 18.7 Å². The number of hydrogen-bond donors (Lipinski definition) is 2. The Labute approximate surface area is 172 Å². The van der Waals surface area contributed by atoms with Crippen LogP contribution in [-0.2, 0) is 22.6 Å². The summed E-state index contributed by atoms with van der Waals surface area (Å²) < 4.78 is 0. The zero-order valence-corrected chi connectivity index (χ0v) is 16.7. The van der Waals surface area contributed by atoms with Crippen molar-refractivity contribution in [3.63, 3.8) is 0 Å². The molecular formula is C25H26N2O2. The van der Waals surface area contributed by atoms with Crippen LogP contribution in [0.1, 0.15) is 30.9 Å². The van der Waals surface area contributed by atoms with Gasteiger partial charge in [-0.1, -0.05) is 73.7 Å². The molecule has 3 aromatic rings. The average Bonchev–Trinajstić information content (AvgIpc) is 2.74. The van der Waals surface area contributed by atoms with Gasteiger partial charge in [0.25, 0.3) is 0 Å². The average molecular weight is 386 g/mol. The number of carbonyl (C=O) groups is 2. The highest BCUT2D eigenvalue weighted by Crippen LogP contribution is 2.19. The maximum atomic E-state index is 12.3. The monoisotopic (exact) mass is 386 g/mol. The lowest BCUT2D eigenvalue weighted by Crippen LogP contribution is -2.24. The number of amides is 2. The van der Waals surface area contributed by atoms with Crippen molar-refractivity contribution in [3.8, 4) is 11.1 Å². The molecular weight excluding hydrogens is 360 g/mol. The number of nitrogens with one attached hydrogen (secondary N) is 2. The minimum Gasteiger partial charge on any atom is -0.352 e. The van der Waals surface area contributed by atoms with Gasteiger partial charge in [-0.2, -0.15) is 0 Å². The fraction of sp³-hybridized carbons (Fsp3) is 0.200. The highest BCUT2D eigenvalue weighted by Gasteiger charge is 2.06. The summed E-state index contributed by atoms with van der Waals surface area (Å²) in [6, 6.07) is 25.8. The van der Waals surface area contributed by atoms with Gasteiger partial charge in [0.15, 0.2) is 0 Å². The van der Waals surface area contributed by atoms with E-state index in [1.54, 1.807) is 0 Å². The van der Waals surface area contributed by atoms with E-state index in [9.17, 15) is 9.59 Å². The molecule has 0 saturated carbocycles. The summed E-state index contributed by atoms with van der Waals surface area (Å²) in [5.74, 6) is -0.0227. The van der Waals surface area contributed by atoms with Gasteiger partial charge in [-0.05, 0) is 40.8 Å². The molecule has 148 valence electrons. The predicted octanol–water partition coefficient (Wildman–Crippen LogP) is 4.95. The van der Waals surface area contributed by atoms with Crippen molar-refractivity contribution in [2.24, 2.45) is 0 Å². The molecule has 3 rings (SSSR count). The summed E-state index contributed by atoms with van der Waals surface area (Å²) in [5, 5.41) is 5.83. The highest BCUT2D eigenvalue weighted by atomic mass is 16.2. The number of anilines is 1. The van der Waals surface area contributed by atoms with Gasteiger partial charge in [-0.3, -0.25) is 9.59 Å². The van der Waals surface area contributed by atoms with E-state index in [0.29, 0.717) is 19.4 Å². The minimum absolute atomic E-state index is 0.00707. The summed E-state index contributed by atoms with van der Waals surface area (Å²) in [6.45, 7) is 2.40. The maximum Gasteiger partial charge on any atom is 0.224 e. The third-order valence-corrected chi connectivity index (χ3v) is 4.60. The second-order valence-corrected chi connectivity index (χ2v) is 7.02. The fourth-order valence-electron chi connectivity index (χ4n) is 3.10. The van der Waals surface area contributed by atoms with Crippen LogP contribution in [0.5, 0.6) is 0 Å². The van der Waals surface area contributed by atoms with Crippen molar-refractivity contribution in [1.82, 2.24) is 5.32 Å². The summed E-state index contributed by atoms with van der Waals surface area (Å²) in [4.78, 5) is 24.0. The Bertz CT molecular complexity index is 950. The normalized spacial score (nSPS) is 10.4. The van der Waals surface area contributed by atoms with E-state index >= 15 is 0 Å². The van der Waals surface area contributed by atoms with Gasteiger partial charge in [-0.25, -0.2) is 0 Å². The van der Waals surface area contributed by atoms with Crippen molar-refractivity contribution in [3.05, 3.63) is 90.0 Å². The molecule has 0 radical (unpaired) electrons. The lowest BCUT2D eigenvalue weighted by molar-refractivity contribution is -0.120. The van der Waals surface area contributed by atoms with E-state index in [1.165, 1.54) is 0 Å². The zero-order chi connectivity index (χ0) is 20.5. The Morgan fingerprint density at radius 2 is 1.48 bits per heavy atom. The molecule has 3 aromatic carbocycles. The molecule has 29 heavy (non-hydrogen) atoms. The first-order valence-corrected chi connectivity index (χ1v) is 9.94. The largest absolute Gasteiger partial charge is 0.352 e. The van der Waals surface area contributed by atoms with Crippen LogP contribution in [0, 0.1) is 0 Å². The minimum atomic E-state index is -0.0297. The quantitative estimate of drug-likeness (QED) is 0.575. The third-order valence-electron chi connectivity index (χ3n) is 4.60. The molecule has 0 saturated heterocycles. The molecule has 0 heterocycles. The Hall–Kier alpha value is -3.40. The predicted molar refractivity (Wildman–Crippen MR) is 117 cm³/mol. The van der Waals surface area contributed by atoms with Crippen molar-refractivity contribution in [2.45, 2.75) is 32.7 Å². The summed E-state index contributed by atoms with van der Waals surface area (Å²) in [7, 11) is 0. The molecule has 0 bridgehead atoms. The SMILES string of the molecule is CCCC(=O)Nc1cccc(CNC(=O)Cc2ccc(-c3ccccc3)cc2)c1. The molecule has 4 heteroatoms. The number of hydrogen-bond acceptors (Lipinski definition) is 2. The van der Waals surface area contributed by atoms with Gasteiger partial charge < -0.3 is 10.6 Å². The van der Waals surface area contributed by atoms with E-state index in [2.05, 4.69) is 22.8 Å². The summed E-state index contributed by atoms with van der Waals surface area (Å²) in [5.41, 5.74) is 4.98. The summed E-state index contributed by atoms with van der Waals surface area (Å²) >= 11 is 0. The number of benzene rings is 3. The van der Waals surface area contributed by atoms with Gasteiger partial charge in [0.1, 0.15) is 0 Å². The maximum absolute atomic E-state index is 12.3. The second kappa shape index (κ2) is 10.2. The van der Waals surface area contributed by atoms with E-state index in [1.807, 2.05) is 73.7 Å². The summed E-state index contributed by atoms with van der Waals surface area (Å²) in [6.07, 6.45) is 1.65. The molecule has 0 aliphatic rings. The van der Waals surface area contributed by atoms with Crippen molar-refractivity contribution in [1.29, 1.82) is 0 Å². The second-order valence-electron chi connectivity index (χ2n) is 7.02. The van der Waals surface area contributed by atoms with E-state index in [-0.39, 0.29) is 11.8 Å². The van der Waals surface area contributed by atoms with Crippen LogP contribution < -0.4 is 10.6 Å². The first-order chi connectivity index (χ1) is 14.1. The smallest absolute Gasteiger partial charge is 0.224 e. The van der Waals surface area contributed by atoms with Crippen LogP contribution in [0.4, 0.5) is 5.69 Å². The van der Waals surface area contributed by atoms with Crippen molar-refractivity contribution >= 4 is 17.5 Å². The standard InChI is InChI=1S/C25H26N2O2/c1-2-7-24(28)27-23-11-6-8-20(16-23)18-26-25(29)17-19-12-14-22(15-13-19)21-9-4-3-5-10-21/h3-6,8-16H,2,7,17-18H2,1H3,(H,26,29)(H,27,28). The molecule has 4 nitrogen and oxygen atoms in total. The molecule has 0 fully saturated rings. The molecule has 0 aliphatic heterocycles. The van der Waals surface area contributed by atoms with Gasteiger partial charge in [0.2, 0.25) is 11.8 Å². The topological polar surface area (TPSA) is 58.2 Å². The number of carbonyl (C=O) groups excluding carboxylic acids is 2. The zero-order valence-electron chi connectivity index (χ0n) is 16.7. The Morgan fingerprint density at radius 1 is 0.759 bits per heavy atom. The molecule has 0 aliphatic carbocycles. The van der Waals surface area contributed by atoms with Crippen LogP contribution in [0.25, 0.3) is 11.1 Å². The molecule has 0 unspecified atom stereocenters. The van der Waals surface area contributed by atoms with Crippen LogP contribution in [0.3, 0.4) is 0 Å². The molecule has 0 aromatic heterocycles. The first-order valence-electron chi connectivity index (χ1n) is 9.94. The molecule has 2 amide bonds. The van der Waals surface area contributed by atoms with Gasteiger partial charge in [0.05, 0.1) is 6.42 Å². The van der Waals surface area contributed by atoms with Crippen LogP contribution in [0.15, 0.2) is 78.9 Å². The van der Waals surface area contributed by atoms with Crippen molar-refractivity contribution < 1.29 is 9.59 Å². The lowest BCUT2D eigenvalue weighted by Gasteiger charge is -2.09. The van der Waals surface area contributed by atoms with E-state index in [4.69, 9.17) is 0 Å².